The maximum atomic E-state index is 12.4. The predicted octanol–water partition coefficient (Wildman–Crippen LogP) is 3.90. The SMILES string of the molecule is Cc1ccc(NC(=O)CC(C)C2CCNCC2)c(OCC(F)(F)F)c1. The number of benzene rings is 1. The van der Waals surface area contributed by atoms with Crippen molar-refractivity contribution in [3.63, 3.8) is 0 Å². The van der Waals surface area contributed by atoms with E-state index in [0.29, 0.717) is 12.3 Å². The molecule has 1 fully saturated rings. The third-order valence-corrected chi connectivity index (χ3v) is 4.50. The minimum absolute atomic E-state index is 0.0418. The van der Waals surface area contributed by atoms with Gasteiger partial charge in [-0.15, -0.1) is 0 Å². The van der Waals surface area contributed by atoms with Crippen molar-refractivity contribution in [1.29, 1.82) is 0 Å². The molecule has 0 radical (unpaired) electrons. The molecule has 1 saturated heterocycles. The van der Waals surface area contributed by atoms with Gasteiger partial charge < -0.3 is 15.4 Å². The molecule has 140 valence electrons. The molecular formula is C18H25F3N2O2. The fraction of sp³-hybridized carbons (Fsp3) is 0.611. The van der Waals surface area contributed by atoms with Crippen LogP contribution in [0.3, 0.4) is 0 Å². The lowest BCUT2D eigenvalue weighted by atomic mass is 9.84. The van der Waals surface area contributed by atoms with E-state index in [1.807, 2.05) is 6.92 Å². The van der Waals surface area contributed by atoms with E-state index in [1.54, 1.807) is 19.1 Å². The fourth-order valence-corrected chi connectivity index (χ4v) is 3.09. The van der Waals surface area contributed by atoms with Crippen molar-refractivity contribution in [2.24, 2.45) is 11.8 Å². The molecule has 1 aromatic carbocycles. The summed E-state index contributed by atoms with van der Waals surface area (Å²) in [4.78, 5) is 12.3. The number of carbonyl (C=O) groups is 1. The summed E-state index contributed by atoms with van der Waals surface area (Å²) in [5, 5.41) is 5.99. The quantitative estimate of drug-likeness (QED) is 0.811. The van der Waals surface area contributed by atoms with E-state index in [0.717, 1.165) is 31.5 Å². The predicted molar refractivity (Wildman–Crippen MR) is 90.7 cm³/mol. The van der Waals surface area contributed by atoms with Crippen molar-refractivity contribution >= 4 is 11.6 Å². The first kappa shape index (κ1) is 19.6. The average Bonchev–Trinajstić information content (AvgIpc) is 2.55. The summed E-state index contributed by atoms with van der Waals surface area (Å²) in [5.74, 6) is 0.560. The maximum Gasteiger partial charge on any atom is 0.422 e. The first-order valence-corrected chi connectivity index (χ1v) is 8.55. The number of carbonyl (C=O) groups excluding carboxylic acids is 1. The number of nitrogens with one attached hydrogen (secondary N) is 2. The highest BCUT2D eigenvalue weighted by molar-refractivity contribution is 5.92. The normalized spacial score (nSPS) is 17.2. The van der Waals surface area contributed by atoms with Gasteiger partial charge in [0.25, 0.3) is 0 Å². The van der Waals surface area contributed by atoms with E-state index in [2.05, 4.69) is 10.6 Å². The molecule has 25 heavy (non-hydrogen) atoms. The topological polar surface area (TPSA) is 50.4 Å². The Morgan fingerprint density at radius 3 is 2.68 bits per heavy atom. The van der Waals surface area contributed by atoms with Gasteiger partial charge in [-0.05, 0) is 62.4 Å². The Bertz CT molecular complexity index is 584. The Hall–Kier alpha value is -1.76. The Morgan fingerprint density at radius 2 is 2.04 bits per heavy atom. The van der Waals surface area contributed by atoms with Crippen molar-refractivity contribution in [1.82, 2.24) is 5.32 Å². The van der Waals surface area contributed by atoms with Crippen LogP contribution < -0.4 is 15.4 Å². The number of aryl methyl sites for hydroxylation is 1. The molecular weight excluding hydrogens is 333 g/mol. The third kappa shape index (κ3) is 6.57. The number of anilines is 1. The molecule has 1 unspecified atom stereocenters. The molecule has 0 aromatic heterocycles. The maximum absolute atomic E-state index is 12.4. The smallest absolute Gasteiger partial charge is 0.422 e. The number of amides is 1. The average molecular weight is 358 g/mol. The van der Waals surface area contributed by atoms with E-state index in [1.165, 1.54) is 6.07 Å². The molecule has 1 amide bonds. The Morgan fingerprint density at radius 1 is 1.36 bits per heavy atom. The highest BCUT2D eigenvalue weighted by Gasteiger charge is 2.29. The van der Waals surface area contributed by atoms with Gasteiger partial charge in [-0.1, -0.05) is 13.0 Å². The summed E-state index contributed by atoms with van der Waals surface area (Å²) in [6, 6.07) is 4.80. The largest absolute Gasteiger partial charge is 0.482 e. The number of rotatable bonds is 6. The van der Waals surface area contributed by atoms with Gasteiger partial charge in [-0.25, -0.2) is 0 Å². The second-order valence-electron chi connectivity index (χ2n) is 6.72. The summed E-state index contributed by atoms with van der Waals surface area (Å²) in [5.41, 5.74) is 1.04. The molecule has 1 heterocycles. The molecule has 0 spiro atoms. The van der Waals surface area contributed by atoms with E-state index in [-0.39, 0.29) is 23.3 Å². The lowest BCUT2D eigenvalue weighted by Gasteiger charge is -2.28. The zero-order chi connectivity index (χ0) is 18.4. The lowest BCUT2D eigenvalue weighted by Crippen LogP contribution is -2.32. The molecule has 7 heteroatoms. The zero-order valence-corrected chi connectivity index (χ0v) is 14.6. The van der Waals surface area contributed by atoms with Crippen LogP contribution in [-0.2, 0) is 4.79 Å². The number of ether oxygens (including phenoxy) is 1. The van der Waals surface area contributed by atoms with E-state index >= 15 is 0 Å². The highest BCUT2D eigenvalue weighted by atomic mass is 19.4. The van der Waals surface area contributed by atoms with Crippen LogP contribution in [-0.4, -0.2) is 31.8 Å². The molecule has 1 atom stereocenters. The molecule has 4 nitrogen and oxygen atoms in total. The number of hydrogen-bond acceptors (Lipinski definition) is 3. The van der Waals surface area contributed by atoms with Crippen molar-refractivity contribution in [2.45, 2.75) is 39.3 Å². The molecule has 2 N–H and O–H groups in total. The summed E-state index contributed by atoms with van der Waals surface area (Å²) in [7, 11) is 0. The van der Waals surface area contributed by atoms with Crippen molar-refractivity contribution < 1.29 is 22.7 Å². The standard InChI is InChI=1S/C18H25F3N2O2/c1-12-3-4-15(16(9-12)25-11-18(19,20)21)23-17(24)10-13(2)14-5-7-22-8-6-14/h3-4,9,13-14,22H,5-8,10-11H2,1-2H3,(H,23,24). The van der Waals surface area contributed by atoms with Crippen LogP contribution in [0.2, 0.25) is 0 Å². The second-order valence-corrected chi connectivity index (χ2v) is 6.72. The van der Waals surface area contributed by atoms with Crippen LogP contribution in [0.25, 0.3) is 0 Å². The van der Waals surface area contributed by atoms with Gasteiger partial charge in [0.2, 0.25) is 5.91 Å². The summed E-state index contributed by atoms with van der Waals surface area (Å²) in [6.45, 7) is 4.34. The molecule has 1 aliphatic rings. The Kier molecular flexibility index (Phi) is 6.70. The van der Waals surface area contributed by atoms with Gasteiger partial charge in [-0.3, -0.25) is 4.79 Å². The number of alkyl halides is 3. The van der Waals surface area contributed by atoms with Crippen molar-refractivity contribution in [2.75, 3.05) is 25.0 Å². The Balaban J connectivity index is 1.97. The first-order valence-electron chi connectivity index (χ1n) is 8.55. The van der Waals surface area contributed by atoms with E-state index < -0.39 is 12.8 Å². The number of halogens is 3. The van der Waals surface area contributed by atoms with Gasteiger partial charge in [0.05, 0.1) is 5.69 Å². The molecule has 0 saturated carbocycles. The van der Waals surface area contributed by atoms with Crippen molar-refractivity contribution in [3.8, 4) is 5.75 Å². The van der Waals surface area contributed by atoms with Gasteiger partial charge in [0.1, 0.15) is 5.75 Å². The minimum atomic E-state index is -4.42. The number of hydrogen-bond donors (Lipinski definition) is 2. The van der Waals surface area contributed by atoms with Gasteiger partial charge in [0.15, 0.2) is 6.61 Å². The van der Waals surface area contributed by atoms with Gasteiger partial charge in [0, 0.05) is 6.42 Å². The summed E-state index contributed by atoms with van der Waals surface area (Å²) in [6.07, 6.45) is -2.00. The Labute approximate surface area is 146 Å². The number of piperidine rings is 1. The molecule has 1 aliphatic heterocycles. The van der Waals surface area contributed by atoms with Gasteiger partial charge >= 0.3 is 6.18 Å². The van der Waals surface area contributed by atoms with Crippen molar-refractivity contribution in [3.05, 3.63) is 23.8 Å². The summed E-state index contributed by atoms with van der Waals surface area (Å²) >= 11 is 0. The fourth-order valence-electron chi connectivity index (χ4n) is 3.09. The molecule has 2 rings (SSSR count). The molecule has 1 aromatic rings. The molecule has 0 bridgehead atoms. The highest BCUT2D eigenvalue weighted by Crippen LogP contribution is 2.29. The first-order chi connectivity index (χ1) is 11.7. The third-order valence-electron chi connectivity index (χ3n) is 4.50. The van der Waals surface area contributed by atoms with Crippen LogP contribution >= 0.6 is 0 Å². The van der Waals surface area contributed by atoms with Crippen LogP contribution in [0, 0.1) is 18.8 Å². The van der Waals surface area contributed by atoms with Crippen LogP contribution in [0.1, 0.15) is 31.7 Å². The van der Waals surface area contributed by atoms with E-state index in [4.69, 9.17) is 4.74 Å². The lowest BCUT2D eigenvalue weighted by molar-refractivity contribution is -0.153. The monoisotopic (exact) mass is 358 g/mol. The van der Waals surface area contributed by atoms with Crippen LogP contribution in [0.4, 0.5) is 18.9 Å². The minimum Gasteiger partial charge on any atom is -0.482 e. The van der Waals surface area contributed by atoms with Gasteiger partial charge in [-0.2, -0.15) is 13.2 Å². The van der Waals surface area contributed by atoms with Crippen LogP contribution in [0.5, 0.6) is 5.75 Å². The second kappa shape index (κ2) is 8.56. The summed E-state index contributed by atoms with van der Waals surface area (Å²) < 4.78 is 42.0. The van der Waals surface area contributed by atoms with Crippen LogP contribution in [0.15, 0.2) is 18.2 Å². The molecule has 0 aliphatic carbocycles. The zero-order valence-electron chi connectivity index (χ0n) is 14.6. The van der Waals surface area contributed by atoms with E-state index in [9.17, 15) is 18.0 Å².